The first-order valence-electron chi connectivity index (χ1n) is 5.69. The molecule has 0 saturated heterocycles. The molecule has 0 unspecified atom stereocenters. The van der Waals surface area contributed by atoms with Crippen molar-refractivity contribution in [3.63, 3.8) is 0 Å². The number of rotatable bonds is 4. The van der Waals surface area contributed by atoms with Gasteiger partial charge >= 0.3 is 0 Å². The first kappa shape index (κ1) is 16.9. The first-order chi connectivity index (χ1) is 9.88. The molecule has 0 aliphatic carbocycles. The number of nitro groups is 1. The van der Waals surface area contributed by atoms with Gasteiger partial charge in [-0.3, -0.25) is 10.1 Å². The maximum absolute atomic E-state index is 11.1. The van der Waals surface area contributed by atoms with Crippen LogP contribution >= 0.6 is 63.7 Å². The fourth-order valence-corrected chi connectivity index (χ4v) is 4.64. The van der Waals surface area contributed by atoms with Crippen molar-refractivity contribution in [2.45, 2.75) is 6.54 Å². The molecule has 0 aliphatic rings. The van der Waals surface area contributed by atoms with Crippen molar-refractivity contribution in [1.82, 2.24) is 0 Å². The van der Waals surface area contributed by atoms with Gasteiger partial charge in [0.25, 0.3) is 5.69 Å². The molecule has 0 fully saturated rings. The molecule has 0 heterocycles. The van der Waals surface area contributed by atoms with Crippen LogP contribution in [0.3, 0.4) is 0 Å². The summed E-state index contributed by atoms with van der Waals surface area (Å²) in [4.78, 5) is 10.7. The van der Waals surface area contributed by atoms with E-state index < -0.39 is 0 Å². The zero-order chi connectivity index (χ0) is 15.6. The molecule has 110 valence electrons. The minimum atomic E-state index is -0.382. The van der Waals surface area contributed by atoms with E-state index in [9.17, 15) is 10.1 Å². The number of hydrogen-bond donors (Lipinski definition) is 1. The van der Waals surface area contributed by atoms with Crippen LogP contribution < -0.4 is 5.32 Å². The van der Waals surface area contributed by atoms with Crippen LogP contribution in [0.25, 0.3) is 0 Å². The van der Waals surface area contributed by atoms with Gasteiger partial charge in [0.2, 0.25) is 0 Å². The highest BCUT2D eigenvalue weighted by molar-refractivity contribution is 9.11. The van der Waals surface area contributed by atoms with Crippen LogP contribution in [0.2, 0.25) is 0 Å². The van der Waals surface area contributed by atoms with Crippen LogP contribution in [0, 0.1) is 10.1 Å². The minimum Gasteiger partial charge on any atom is -0.379 e. The Balaban J connectivity index is 2.27. The molecule has 2 aromatic rings. The summed E-state index contributed by atoms with van der Waals surface area (Å²) in [6, 6.07) is 8.83. The summed E-state index contributed by atoms with van der Waals surface area (Å²) in [7, 11) is 0. The van der Waals surface area contributed by atoms with Gasteiger partial charge in [-0.15, -0.1) is 0 Å². The van der Waals surface area contributed by atoms with E-state index >= 15 is 0 Å². The van der Waals surface area contributed by atoms with Crippen molar-refractivity contribution >= 4 is 75.1 Å². The lowest BCUT2D eigenvalue weighted by atomic mass is 10.2. The fourth-order valence-electron chi connectivity index (χ4n) is 1.75. The van der Waals surface area contributed by atoms with E-state index in [1.54, 1.807) is 12.1 Å². The van der Waals surface area contributed by atoms with E-state index in [-0.39, 0.29) is 10.6 Å². The molecule has 2 rings (SSSR count). The smallest absolute Gasteiger partial charge is 0.275 e. The highest BCUT2D eigenvalue weighted by Crippen LogP contribution is 2.35. The van der Waals surface area contributed by atoms with Gasteiger partial charge in [-0.05, 0) is 56.1 Å². The maximum Gasteiger partial charge on any atom is 0.275 e. The molecule has 0 spiro atoms. The van der Waals surface area contributed by atoms with Crippen molar-refractivity contribution in [3.8, 4) is 0 Å². The third-order valence-corrected chi connectivity index (χ3v) is 4.91. The lowest BCUT2D eigenvalue weighted by molar-refractivity contribution is -0.385. The summed E-state index contributed by atoms with van der Waals surface area (Å²) in [6.07, 6.45) is 0. The van der Waals surface area contributed by atoms with Gasteiger partial charge in [0, 0.05) is 36.1 Å². The minimum absolute atomic E-state index is 0.0845. The van der Waals surface area contributed by atoms with Crippen LogP contribution in [0.5, 0.6) is 0 Å². The number of anilines is 1. The third kappa shape index (κ3) is 4.28. The van der Waals surface area contributed by atoms with Crippen molar-refractivity contribution in [2.24, 2.45) is 0 Å². The third-order valence-electron chi connectivity index (χ3n) is 2.71. The van der Waals surface area contributed by atoms with Gasteiger partial charge in [-0.1, -0.05) is 31.9 Å². The van der Waals surface area contributed by atoms with Crippen LogP contribution in [-0.4, -0.2) is 4.92 Å². The first-order valence-corrected chi connectivity index (χ1v) is 8.87. The Morgan fingerprint density at radius 1 is 1.00 bits per heavy atom. The number of hydrogen-bond acceptors (Lipinski definition) is 3. The number of nitro benzene ring substituents is 1. The second-order valence-corrected chi connectivity index (χ2v) is 7.67. The molecule has 0 radical (unpaired) electrons. The summed E-state index contributed by atoms with van der Waals surface area (Å²) >= 11 is 13.6. The summed E-state index contributed by atoms with van der Waals surface area (Å²) in [5.41, 5.74) is 1.54. The molecule has 4 nitrogen and oxygen atoms in total. The fraction of sp³-hybridized carbons (Fsp3) is 0.0769. The van der Waals surface area contributed by atoms with Crippen molar-refractivity contribution < 1.29 is 4.92 Å². The Morgan fingerprint density at radius 3 is 2.19 bits per heavy atom. The molecule has 0 aliphatic heterocycles. The van der Waals surface area contributed by atoms with E-state index in [2.05, 4.69) is 69.0 Å². The second-order valence-electron chi connectivity index (χ2n) is 4.13. The quantitative estimate of drug-likeness (QED) is 0.366. The summed E-state index contributed by atoms with van der Waals surface area (Å²) in [5.74, 6) is 0. The molecule has 1 N–H and O–H groups in total. The molecular weight excluding hydrogens is 536 g/mol. The van der Waals surface area contributed by atoms with E-state index in [0.717, 1.165) is 19.1 Å². The molecule has 0 amide bonds. The maximum atomic E-state index is 11.1. The van der Waals surface area contributed by atoms with Gasteiger partial charge in [-0.2, -0.15) is 0 Å². The molecule has 0 aromatic heterocycles. The number of benzene rings is 2. The molecule has 0 bridgehead atoms. The van der Waals surface area contributed by atoms with Crippen molar-refractivity contribution in [2.75, 3.05) is 5.32 Å². The van der Waals surface area contributed by atoms with Crippen LogP contribution in [0.4, 0.5) is 11.4 Å². The zero-order valence-electron chi connectivity index (χ0n) is 10.4. The predicted octanol–water partition coefficient (Wildman–Crippen LogP) is 6.26. The van der Waals surface area contributed by atoms with Crippen molar-refractivity contribution in [3.05, 3.63) is 63.9 Å². The molecular formula is C13H8Br4N2O2. The topological polar surface area (TPSA) is 55.2 Å². The summed E-state index contributed by atoms with van der Waals surface area (Å²) < 4.78 is 3.34. The Bertz CT molecular complexity index is 684. The van der Waals surface area contributed by atoms with E-state index in [1.807, 2.05) is 12.1 Å². The van der Waals surface area contributed by atoms with E-state index in [0.29, 0.717) is 16.6 Å². The van der Waals surface area contributed by atoms with Crippen LogP contribution in [-0.2, 0) is 6.54 Å². The van der Waals surface area contributed by atoms with Gasteiger partial charge in [0.1, 0.15) is 0 Å². The zero-order valence-corrected chi connectivity index (χ0v) is 16.7. The van der Waals surface area contributed by atoms with Gasteiger partial charge in [0.15, 0.2) is 0 Å². The Kier molecular flexibility index (Phi) is 5.81. The van der Waals surface area contributed by atoms with Crippen molar-refractivity contribution in [1.29, 1.82) is 0 Å². The van der Waals surface area contributed by atoms with Gasteiger partial charge < -0.3 is 5.32 Å². The summed E-state index contributed by atoms with van der Waals surface area (Å²) in [6.45, 7) is 0.350. The van der Waals surface area contributed by atoms with Crippen LogP contribution in [0.15, 0.2) is 48.2 Å². The predicted molar refractivity (Wildman–Crippen MR) is 97.7 cm³/mol. The molecule has 2 aromatic carbocycles. The lowest BCUT2D eigenvalue weighted by Crippen LogP contribution is -2.04. The lowest BCUT2D eigenvalue weighted by Gasteiger charge is -2.12. The largest absolute Gasteiger partial charge is 0.379 e. The standard InChI is InChI=1S/C13H8Br4N2O2/c14-8-2-1-7(12(5-8)19(20)21)6-18-13-10(16)3-9(15)4-11(13)17/h1-5,18H,6H2. The normalized spacial score (nSPS) is 10.5. The van der Waals surface area contributed by atoms with Gasteiger partial charge in [0.05, 0.1) is 10.6 Å². The highest BCUT2D eigenvalue weighted by atomic mass is 79.9. The Hall–Kier alpha value is -0.440. The van der Waals surface area contributed by atoms with E-state index in [1.165, 1.54) is 6.07 Å². The number of nitrogens with zero attached hydrogens (tertiary/aromatic N) is 1. The monoisotopic (exact) mass is 540 g/mol. The second kappa shape index (κ2) is 7.21. The highest BCUT2D eigenvalue weighted by Gasteiger charge is 2.15. The van der Waals surface area contributed by atoms with Crippen LogP contribution in [0.1, 0.15) is 5.56 Å². The van der Waals surface area contributed by atoms with E-state index in [4.69, 9.17) is 0 Å². The van der Waals surface area contributed by atoms with Gasteiger partial charge in [-0.25, -0.2) is 0 Å². The number of nitrogens with one attached hydrogen (secondary N) is 1. The molecule has 0 atom stereocenters. The molecule has 8 heteroatoms. The average molecular weight is 544 g/mol. The number of halogens is 4. The Labute approximate surface area is 155 Å². The Morgan fingerprint density at radius 2 is 1.62 bits per heavy atom. The SMILES string of the molecule is O=[N+]([O-])c1cc(Br)ccc1CNc1c(Br)cc(Br)cc1Br. The molecule has 0 saturated carbocycles. The average Bonchev–Trinajstić information content (AvgIpc) is 2.38. The summed E-state index contributed by atoms with van der Waals surface area (Å²) in [5, 5.41) is 14.3. The molecule has 21 heavy (non-hydrogen) atoms.